The van der Waals surface area contributed by atoms with Gasteiger partial charge in [-0.25, -0.2) is 0 Å². The molecule has 0 aromatic carbocycles. The lowest BCUT2D eigenvalue weighted by atomic mass is 10.1. The molecule has 6 heteroatoms. The Kier molecular flexibility index (Phi) is 4.17. The van der Waals surface area contributed by atoms with Gasteiger partial charge in [-0.3, -0.25) is 9.38 Å². The molecule has 21 heavy (non-hydrogen) atoms. The molecule has 3 heterocycles. The summed E-state index contributed by atoms with van der Waals surface area (Å²) in [7, 11) is 1.96. The molecule has 0 radical (unpaired) electrons. The van der Waals surface area contributed by atoms with Crippen LogP contribution in [0.3, 0.4) is 0 Å². The molecule has 5 nitrogen and oxygen atoms in total. The van der Waals surface area contributed by atoms with Crippen LogP contribution in [-0.4, -0.2) is 26.6 Å². The van der Waals surface area contributed by atoms with Gasteiger partial charge in [0.05, 0.1) is 5.69 Å². The Morgan fingerprint density at radius 1 is 1.24 bits per heavy atom. The second-order valence-electron chi connectivity index (χ2n) is 4.68. The summed E-state index contributed by atoms with van der Waals surface area (Å²) >= 11 is 1.57. The third kappa shape index (κ3) is 2.91. The Morgan fingerprint density at radius 3 is 2.86 bits per heavy atom. The van der Waals surface area contributed by atoms with E-state index in [1.165, 1.54) is 0 Å². The first-order valence-corrected chi connectivity index (χ1v) is 7.74. The van der Waals surface area contributed by atoms with Crippen molar-refractivity contribution < 1.29 is 0 Å². The zero-order valence-electron chi connectivity index (χ0n) is 12.0. The first kappa shape index (κ1) is 14.0. The van der Waals surface area contributed by atoms with Gasteiger partial charge in [-0.1, -0.05) is 13.0 Å². The molecule has 3 rings (SSSR count). The smallest absolute Gasteiger partial charge is 0.200 e. The maximum atomic E-state index is 4.54. The second-order valence-corrected chi connectivity index (χ2v) is 5.72. The lowest BCUT2D eigenvalue weighted by molar-refractivity contribution is 0.561. The maximum absolute atomic E-state index is 4.54. The van der Waals surface area contributed by atoms with Gasteiger partial charge in [0.1, 0.15) is 0 Å². The van der Waals surface area contributed by atoms with Crippen LogP contribution in [0.5, 0.6) is 0 Å². The van der Waals surface area contributed by atoms with Crippen molar-refractivity contribution in [3.8, 4) is 0 Å². The molecule has 3 aromatic heterocycles. The van der Waals surface area contributed by atoms with Crippen molar-refractivity contribution >= 4 is 17.4 Å². The summed E-state index contributed by atoms with van der Waals surface area (Å²) in [5.74, 6) is 0. The summed E-state index contributed by atoms with van der Waals surface area (Å²) in [6.07, 6.45) is 4.88. The lowest BCUT2D eigenvalue weighted by Gasteiger charge is -2.13. The van der Waals surface area contributed by atoms with Crippen molar-refractivity contribution in [1.29, 1.82) is 0 Å². The van der Waals surface area contributed by atoms with E-state index in [0.29, 0.717) is 6.04 Å². The van der Waals surface area contributed by atoms with Gasteiger partial charge in [-0.05, 0) is 49.5 Å². The van der Waals surface area contributed by atoms with Gasteiger partial charge in [0.2, 0.25) is 0 Å². The fourth-order valence-corrected chi connectivity index (χ4v) is 3.00. The number of hydrogen-bond acceptors (Lipinski definition) is 5. The van der Waals surface area contributed by atoms with Gasteiger partial charge in [0.15, 0.2) is 10.8 Å². The highest BCUT2D eigenvalue weighted by Crippen LogP contribution is 2.26. The van der Waals surface area contributed by atoms with E-state index < -0.39 is 0 Å². The normalized spacial score (nSPS) is 12.7. The first-order chi connectivity index (χ1) is 10.3. The van der Waals surface area contributed by atoms with E-state index in [-0.39, 0.29) is 0 Å². The number of fused-ring (bicyclic) bond motifs is 1. The molecule has 0 aliphatic carbocycles. The minimum atomic E-state index is 0.304. The van der Waals surface area contributed by atoms with Crippen LogP contribution in [-0.2, 0) is 0 Å². The monoisotopic (exact) mass is 299 g/mol. The highest BCUT2D eigenvalue weighted by atomic mass is 32.2. The minimum Gasteiger partial charge on any atom is -0.312 e. The molecule has 0 bridgehead atoms. The molecular formula is C15H17N5S. The molecule has 0 spiro atoms. The van der Waals surface area contributed by atoms with Crippen LogP contribution in [0.4, 0.5) is 0 Å². The molecule has 0 aliphatic heterocycles. The molecule has 0 fully saturated rings. The van der Waals surface area contributed by atoms with Crippen LogP contribution >= 0.6 is 11.8 Å². The zero-order chi connectivity index (χ0) is 14.7. The van der Waals surface area contributed by atoms with E-state index in [9.17, 15) is 0 Å². The predicted octanol–water partition coefficient (Wildman–Crippen LogP) is 2.95. The Labute approximate surface area is 127 Å². The number of pyridine rings is 2. The van der Waals surface area contributed by atoms with Crippen LogP contribution in [0, 0.1) is 0 Å². The molecular weight excluding hydrogens is 282 g/mol. The van der Waals surface area contributed by atoms with Crippen LogP contribution in [0.25, 0.3) is 5.65 Å². The molecule has 0 aliphatic rings. The summed E-state index contributed by atoms with van der Waals surface area (Å²) in [6.45, 7) is 2.15. The van der Waals surface area contributed by atoms with Crippen molar-refractivity contribution in [2.75, 3.05) is 7.05 Å². The number of rotatable bonds is 5. The van der Waals surface area contributed by atoms with E-state index in [1.807, 2.05) is 42.0 Å². The Balaban J connectivity index is 1.82. The second kappa shape index (κ2) is 6.24. The van der Waals surface area contributed by atoms with Crippen molar-refractivity contribution in [2.45, 2.75) is 29.4 Å². The average molecular weight is 299 g/mol. The first-order valence-electron chi connectivity index (χ1n) is 6.92. The highest BCUT2D eigenvalue weighted by Gasteiger charge is 2.10. The summed E-state index contributed by atoms with van der Waals surface area (Å²) in [5, 5.41) is 12.5. The van der Waals surface area contributed by atoms with E-state index >= 15 is 0 Å². The third-order valence-corrected chi connectivity index (χ3v) is 4.30. The number of hydrogen-bond donors (Lipinski definition) is 1. The minimum absolute atomic E-state index is 0.304. The standard InChI is InChI=1S/C15H17N5S/c1-3-12(16-2)13-8-7-11(10-17-13)21-15-19-18-14-6-4-5-9-20(14)15/h4-10,12,16H,3H2,1-2H3. The number of aromatic nitrogens is 4. The van der Waals surface area contributed by atoms with E-state index in [2.05, 4.69) is 39.6 Å². The Bertz CT molecular complexity index is 718. The number of nitrogens with zero attached hydrogens (tertiary/aromatic N) is 4. The lowest BCUT2D eigenvalue weighted by Crippen LogP contribution is -2.16. The fraction of sp³-hybridized carbons (Fsp3) is 0.267. The van der Waals surface area contributed by atoms with Gasteiger partial charge < -0.3 is 5.32 Å². The summed E-state index contributed by atoms with van der Waals surface area (Å²) in [4.78, 5) is 5.60. The largest absolute Gasteiger partial charge is 0.312 e. The zero-order valence-corrected chi connectivity index (χ0v) is 12.8. The van der Waals surface area contributed by atoms with E-state index in [0.717, 1.165) is 27.8 Å². The Morgan fingerprint density at radius 2 is 2.14 bits per heavy atom. The predicted molar refractivity (Wildman–Crippen MR) is 83.4 cm³/mol. The molecule has 0 saturated carbocycles. The Hall–Kier alpha value is -1.92. The molecule has 1 atom stereocenters. The van der Waals surface area contributed by atoms with Gasteiger partial charge in [0.25, 0.3) is 0 Å². The van der Waals surface area contributed by atoms with Gasteiger partial charge in [-0.2, -0.15) is 0 Å². The molecule has 1 N–H and O–H groups in total. The average Bonchev–Trinajstić information content (AvgIpc) is 2.93. The summed E-state index contributed by atoms with van der Waals surface area (Å²) < 4.78 is 1.97. The molecule has 1 unspecified atom stereocenters. The van der Waals surface area contributed by atoms with E-state index in [4.69, 9.17) is 0 Å². The van der Waals surface area contributed by atoms with Gasteiger partial charge in [0, 0.05) is 23.3 Å². The molecule has 108 valence electrons. The molecule has 0 amide bonds. The highest BCUT2D eigenvalue weighted by molar-refractivity contribution is 7.99. The molecule has 3 aromatic rings. The summed E-state index contributed by atoms with van der Waals surface area (Å²) in [6, 6.07) is 10.3. The van der Waals surface area contributed by atoms with E-state index in [1.54, 1.807) is 11.8 Å². The SMILES string of the molecule is CCC(NC)c1ccc(Sc2nnc3ccccn23)cn1. The fourth-order valence-electron chi connectivity index (χ4n) is 2.21. The van der Waals surface area contributed by atoms with Crippen LogP contribution < -0.4 is 5.32 Å². The van der Waals surface area contributed by atoms with Crippen molar-refractivity contribution in [2.24, 2.45) is 0 Å². The topological polar surface area (TPSA) is 55.1 Å². The quantitative estimate of drug-likeness (QED) is 0.785. The van der Waals surface area contributed by atoms with Crippen LogP contribution in [0.2, 0.25) is 0 Å². The van der Waals surface area contributed by atoms with Crippen LogP contribution in [0.15, 0.2) is 52.8 Å². The van der Waals surface area contributed by atoms with Crippen molar-refractivity contribution in [3.05, 3.63) is 48.4 Å². The van der Waals surface area contributed by atoms with Crippen molar-refractivity contribution in [1.82, 2.24) is 24.9 Å². The summed E-state index contributed by atoms with van der Waals surface area (Å²) in [5.41, 5.74) is 1.92. The third-order valence-electron chi connectivity index (χ3n) is 3.36. The van der Waals surface area contributed by atoms with Gasteiger partial charge in [-0.15, -0.1) is 10.2 Å². The van der Waals surface area contributed by atoms with Crippen LogP contribution in [0.1, 0.15) is 25.1 Å². The van der Waals surface area contributed by atoms with Crippen molar-refractivity contribution in [3.63, 3.8) is 0 Å². The molecule has 0 saturated heterocycles. The van der Waals surface area contributed by atoms with Gasteiger partial charge >= 0.3 is 0 Å². The maximum Gasteiger partial charge on any atom is 0.200 e. The number of nitrogens with one attached hydrogen (secondary N) is 1.